The van der Waals surface area contributed by atoms with Crippen molar-refractivity contribution >= 4 is 81.7 Å². The van der Waals surface area contributed by atoms with Gasteiger partial charge in [0.2, 0.25) is 53.2 Å². The lowest BCUT2D eigenvalue weighted by atomic mass is 10.0. The fraction of sp³-hybridized carbons (Fsp3) is 0.490. The van der Waals surface area contributed by atoms with Crippen molar-refractivity contribution in [1.29, 1.82) is 0 Å². The van der Waals surface area contributed by atoms with Gasteiger partial charge in [-0.1, -0.05) is 30.3 Å². The Bertz CT molecular complexity index is 2620. The number of carbonyl (C=O) groups is 9. The number of benzene rings is 2. The van der Waals surface area contributed by atoms with Crippen LogP contribution in [0.2, 0.25) is 0 Å². The molecule has 412 valence electrons. The van der Waals surface area contributed by atoms with E-state index < -0.39 is 102 Å². The summed E-state index contributed by atoms with van der Waals surface area (Å²) in [4.78, 5) is 137. The zero-order chi connectivity index (χ0) is 55.5. The summed E-state index contributed by atoms with van der Waals surface area (Å²) in [5, 5.41) is 30.5. The van der Waals surface area contributed by atoms with Crippen LogP contribution < -0.4 is 71.6 Å². The third-order valence-corrected chi connectivity index (χ3v) is 12.8. The zero-order valence-electron chi connectivity index (χ0n) is 42.3. The molecule has 0 unspecified atom stereocenters. The highest BCUT2D eigenvalue weighted by Gasteiger charge is 2.43. The number of anilines is 1. The van der Waals surface area contributed by atoms with Crippen molar-refractivity contribution in [3.8, 4) is 0 Å². The molecule has 9 amide bonds. The first-order chi connectivity index (χ1) is 36.2. The van der Waals surface area contributed by atoms with Crippen molar-refractivity contribution in [1.82, 2.24) is 47.1 Å². The number of rotatable bonds is 16. The number of aliphatic hydroxyl groups is 1. The number of primary amides is 1. The predicted molar refractivity (Wildman–Crippen MR) is 280 cm³/mol. The summed E-state index contributed by atoms with van der Waals surface area (Å²) in [5.74, 6) is -7.50. The Labute approximate surface area is 438 Å². The van der Waals surface area contributed by atoms with Crippen molar-refractivity contribution in [3.05, 3.63) is 65.9 Å². The number of hydrogen-bond acceptors (Lipinski definition) is 13. The molecule has 3 aromatic rings. The number of amides is 9. The molecule has 27 nitrogen and oxygen atoms in total. The van der Waals surface area contributed by atoms with E-state index in [2.05, 4.69) is 52.2 Å². The summed E-state index contributed by atoms with van der Waals surface area (Å²) in [5.41, 5.74) is 36.1. The maximum Gasteiger partial charge on any atom is 0.245 e. The van der Waals surface area contributed by atoms with Gasteiger partial charge in [-0.25, -0.2) is 0 Å². The van der Waals surface area contributed by atoms with E-state index in [4.69, 9.17) is 34.4 Å². The van der Waals surface area contributed by atoms with Crippen molar-refractivity contribution in [2.24, 2.45) is 38.7 Å². The van der Waals surface area contributed by atoms with Crippen molar-refractivity contribution in [3.63, 3.8) is 0 Å². The van der Waals surface area contributed by atoms with E-state index in [9.17, 15) is 48.3 Å². The number of carbonyl (C=O) groups excluding carboxylic acids is 9. The van der Waals surface area contributed by atoms with Crippen LogP contribution in [0.25, 0.3) is 10.9 Å². The van der Waals surface area contributed by atoms with Gasteiger partial charge in [-0.2, -0.15) is 0 Å². The monoisotopic (exact) mass is 1060 g/mol. The van der Waals surface area contributed by atoms with Crippen LogP contribution >= 0.6 is 0 Å². The van der Waals surface area contributed by atoms with Crippen LogP contribution in [0.1, 0.15) is 75.8 Å². The molecule has 2 aliphatic rings. The average Bonchev–Trinajstić information content (AvgIpc) is 3.97. The highest BCUT2D eigenvalue weighted by molar-refractivity contribution is 5.98. The SMILES string of the molecule is CC(=O)N[C@@H](CCCN=C(N)N)C(=O)N[C@H]1CCC(=O)NCCC[C@@H](C(N)=O)NC(=O)[C@H](Cc2c[nH]c3ccccc23)NC(=O)[C@H](CCCN=C(N)N)NC(=O)[C@@H](Cc2ccc(N)cc2)NC(=O)[C@@H]2C[C@@H](O)CN2C1=O. The normalized spacial score (nSPS) is 22.8. The molecule has 0 saturated carbocycles. The summed E-state index contributed by atoms with van der Waals surface area (Å²) < 4.78 is 0. The Kier molecular flexibility index (Phi) is 21.7. The number of nitrogens with one attached hydrogen (secondary N) is 8. The second-order valence-corrected chi connectivity index (χ2v) is 18.8. The molecule has 3 heterocycles. The molecule has 1 aromatic heterocycles. The summed E-state index contributed by atoms with van der Waals surface area (Å²) >= 11 is 0. The Balaban J connectivity index is 1.54. The lowest BCUT2D eigenvalue weighted by Gasteiger charge is -2.31. The molecule has 76 heavy (non-hydrogen) atoms. The molecule has 0 spiro atoms. The van der Waals surface area contributed by atoms with E-state index in [0.29, 0.717) is 16.8 Å². The smallest absolute Gasteiger partial charge is 0.245 e. The molecular weight excluding hydrogens is 987 g/mol. The van der Waals surface area contributed by atoms with Crippen LogP contribution in [-0.2, 0) is 56.0 Å². The Morgan fingerprint density at radius 3 is 2.11 bits per heavy atom. The van der Waals surface area contributed by atoms with Crippen LogP contribution in [-0.4, -0.2) is 155 Å². The Hall–Kier alpha value is -8.49. The quantitative estimate of drug-likeness (QED) is 0.0279. The number of aliphatic hydroxyl groups excluding tert-OH is 1. The maximum atomic E-state index is 14.7. The molecule has 2 fully saturated rings. The van der Waals surface area contributed by atoms with E-state index in [-0.39, 0.29) is 109 Å². The highest BCUT2D eigenvalue weighted by atomic mass is 16.3. The molecule has 8 atom stereocenters. The number of aromatic nitrogens is 1. The Morgan fingerprint density at radius 1 is 0.789 bits per heavy atom. The first-order valence-corrected chi connectivity index (χ1v) is 25.0. The zero-order valence-corrected chi connectivity index (χ0v) is 42.3. The third kappa shape index (κ3) is 17.9. The van der Waals surface area contributed by atoms with Gasteiger partial charge in [0.05, 0.1) is 6.10 Å². The fourth-order valence-electron chi connectivity index (χ4n) is 8.92. The Morgan fingerprint density at radius 2 is 1.42 bits per heavy atom. The van der Waals surface area contributed by atoms with E-state index in [1.807, 2.05) is 18.2 Å². The number of H-pyrrole nitrogens is 1. The number of aromatic amines is 1. The number of guanidine groups is 2. The molecule has 2 aliphatic heterocycles. The largest absolute Gasteiger partial charge is 0.399 e. The first kappa shape index (κ1) is 58.4. The van der Waals surface area contributed by atoms with Crippen molar-refractivity contribution < 1.29 is 48.3 Å². The molecule has 2 saturated heterocycles. The van der Waals surface area contributed by atoms with Gasteiger partial charge >= 0.3 is 0 Å². The van der Waals surface area contributed by atoms with Gasteiger partial charge in [0.1, 0.15) is 42.3 Å². The van der Waals surface area contributed by atoms with Crippen LogP contribution in [0.15, 0.2) is 64.7 Å². The molecule has 5 rings (SSSR count). The maximum absolute atomic E-state index is 14.7. The van der Waals surface area contributed by atoms with Gasteiger partial charge < -0.3 is 86.6 Å². The minimum absolute atomic E-state index is 0.0291. The second-order valence-electron chi connectivity index (χ2n) is 18.8. The summed E-state index contributed by atoms with van der Waals surface area (Å²) in [7, 11) is 0. The molecule has 2 aromatic carbocycles. The highest BCUT2D eigenvalue weighted by Crippen LogP contribution is 2.23. The number of aliphatic imine (C=N–C) groups is 2. The minimum atomic E-state index is -1.51. The summed E-state index contributed by atoms with van der Waals surface area (Å²) in [6.45, 7) is 0.928. The van der Waals surface area contributed by atoms with Gasteiger partial charge in [0.25, 0.3) is 0 Å². The third-order valence-electron chi connectivity index (χ3n) is 12.8. The van der Waals surface area contributed by atoms with E-state index >= 15 is 0 Å². The van der Waals surface area contributed by atoms with Gasteiger partial charge in [0.15, 0.2) is 11.9 Å². The fourth-order valence-corrected chi connectivity index (χ4v) is 8.92. The van der Waals surface area contributed by atoms with Crippen molar-refractivity contribution in [2.45, 2.75) is 126 Å². The number of nitrogens with zero attached hydrogens (tertiary/aromatic N) is 3. The average molecular weight is 1060 g/mol. The van der Waals surface area contributed by atoms with Crippen LogP contribution in [0.4, 0.5) is 5.69 Å². The number of para-hydroxylation sites is 1. The van der Waals surface area contributed by atoms with Gasteiger partial charge in [-0.05, 0) is 74.3 Å². The topological polar surface area (TPSA) is 458 Å². The second kappa shape index (κ2) is 28.3. The number of nitrogen functional groups attached to an aromatic ring is 1. The van der Waals surface area contributed by atoms with Gasteiger partial charge in [0, 0.05) is 81.6 Å². The van der Waals surface area contributed by atoms with Gasteiger partial charge in [-0.3, -0.25) is 53.1 Å². The standard InChI is InChI=1S/C49H71N17O10/c1-26(67)60-34(10-5-19-57-48(52)53)42(71)63-36-16-17-40(69)56-18-4-9-33(41(51)70)61-45(74)38(22-28-24-59-32-8-3-2-7-31(28)32)64-43(72)35(11-6-20-58-49(54)55)62-44(73)37(21-27-12-14-29(50)15-13-27)65-46(75)39-23-30(68)25-66(39)47(36)76/h2-3,7-8,12-15,24,30,33-39,59,68H,4-6,9-11,16-23,25,50H2,1H3,(H2,51,70)(H,56,69)(H,60,67)(H,61,74)(H,62,73)(H,63,71)(H,64,72)(H,65,75)(H4,52,53,57)(H4,54,55,58)/t30-,33+,34+,35+,36+,37-,38+,39+/m1/s1. The summed E-state index contributed by atoms with van der Waals surface area (Å²) in [6.07, 6.45) is -0.446. The van der Waals surface area contributed by atoms with Crippen LogP contribution in [0, 0.1) is 0 Å². The number of fused-ring (bicyclic) bond motifs is 2. The minimum Gasteiger partial charge on any atom is -0.399 e. The molecule has 0 bridgehead atoms. The molecule has 27 heteroatoms. The molecule has 0 radical (unpaired) electrons. The molecule has 21 N–H and O–H groups in total. The lowest BCUT2D eigenvalue weighted by molar-refractivity contribution is -0.143. The lowest BCUT2D eigenvalue weighted by Crippen LogP contribution is -2.60. The predicted octanol–water partition coefficient (Wildman–Crippen LogP) is -4.29. The number of hydrogen-bond donors (Lipinski definition) is 15. The van der Waals surface area contributed by atoms with Gasteiger partial charge in [-0.15, -0.1) is 0 Å². The first-order valence-electron chi connectivity index (χ1n) is 25.0. The number of nitrogens with two attached hydrogens (primary N) is 6. The molecule has 0 aliphatic carbocycles. The molecular formula is C49H71N17O10. The van der Waals surface area contributed by atoms with E-state index in [1.54, 1.807) is 36.5 Å². The van der Waals surface area contributed by atoms with E-state index in [0.717, 1.165) is 15.8 Å². The van der Waals surface area contributed by atoms with Crippen LogP contribution in [0.3, 0.4) is 0 Å². The van der Waals surface area contributed by atoms with Crippen molar-refractivity contribution in [2.75, 3.05) is 31.9 Å². The summed E-state index contributed by atoms with van der Waals surface area (Å²) in [6, 6.07) is 4.06. The van der Waals surface area contributed by atoms with Crippen LogP contribution in [0.5, 0.6) is 0 Å². The van der Waals surface area contributed by atoms with E-state index in [1.165, 1.54) is 6.92 Å².